The number of aliphatic hydroxyl groups is 1. The third-order valence-corrected chi connectivity index (χ3v) is 4.84. The van der Waals surface area contributed by atoms with E-state index in [4.69, 9.17) is 5.11 Å². The predicted molar refractivity (Wildman–Crippen MR) is 94.7 cm³/mol. The first-order chi connectivity index (χ1) is 12.1. The van der Waals surface area contributed by atoms with Crippen LogP contribution in [-0.2, 0) is 6.54 Å². The number of piperidine rings is 1. The highest BCUT2D eigenvalue weighted by Gasteiger charge is 2.25. The van der Waals surface area contributed by atoms with Crippen molar-refractivity contribution in [1.29, 1.82) is 5.26 Å². The smallest absolute Gasteiger partial charge is 0.159 e. The summed E-state index contributed by atoms with van der Waals surface area (Å²) in [6.45, 7) is 3.79. The van der Waals surface area contributed by atoms with E-state index in [0.29, 0.717) is 23.6 Å². The monoisotopic (exact) mass is 338 g/mol. The first-order valence-corrected chi connectivity index (χ1v) is 8.56. The van der Waals surface area contributed by atoms with Crippen molar-refractivity contribution in [3.63, 3.8) is 0 Å². The summed E-state index contributed by atoms with van der Waals surface area (Å²) in [5, 5.41) is 22.8. The van der Waals surface area contributed by atoms with Crippen molar-refractivity contribution in [2.24, 2.45) is 0 Å². The molecule has 0 unspecified atom stereocenters. The molecule has 0 amide bonds. The molecule has 6 nitrogen and oxygen atoms in total. The summed E-state index contributed by atoms with van der Waals surface area (Å²) >= 11 is 0. The van der Waals surface area contributed by atoms with Crippen molar-refractivity contribution in [1.82, 2.24) is 9.78 Å². The molecule has 0 radical (unpaired) electrons. The molecule has 2 aromatic rings. The van der Waals surface area contributed by atoms with Crippen LogP contribution in [0.4, 0.5) is 5.69 Å². The number of carbonyl (C=O) groups excluding carboxylic acids is 1. The zero-order valence-corrected chi connectivity index (χ0v) is 14.4. The number of benzene rings is 1. The maximum absolute atomic E-state index is 11.7. The van der Waals surface area contributed by atoms with Crippen LogP contribution in [-0.4, -0.2) is 40.4 Å². The molecule has 1 N–H and O–H groups in total. The van der Waals surface area contributed by atoms with Crippen molar-refractivity contribution < 1.29 is 9.90 Å². The van der Waals surface area contributed by atoms with Gasteiger partial charge in [0, 0.05) is 36.5 Å². The van der Waals surface area contributed by atoms with Gasteiger partial charge in [-0.3, -0.25) is 9.48 Å². The molecular weight excluding hydrogens is 316 g/mol. The number of carbonyl (C=O) groups is 1. The van der Waals surface area contributed by atoms with Gasteiger partial charge in [0.1, 0.15) is 6.07 Å². The third-order valence-electron chi connectivity index (χ3n) is 4.84. The SMILES string of the molecule is CC(=O)c1ccc(C#N)c(N2CCC(c3ccnn3CCO)CC2)c1. The molecule has 25 heavy (non-hydrogen) atoms. The van der Waals surface area contributed by atoms with Crippen molar-refractivity contribution in [2.45, 2.75) is 32.2 Å². The molecule has 3 rings (SSSR count). The van der Waals surface area contributed by atoms with Crippen LogP contribution in [0.3, 0.4) is 0 Å². The minimum absolute atomic E-state index is 0.00790. The van der Waals surface area contributed by atoms with Crippen LogP contribution >= 0.6 is 0 Å². The van der Waals surface area contributed by atoms with Gasteiger partial charge in [-0.1, -0.05) is 0 Å². The third kappa shape index (κ3) is 3.57. The van der Waals surface area contributed by atoms with Crippen LogP contribution in [0.5, 0.6) is 0 Å². The number of nitriles is 1. The van der Waals surface area contributed by atoms with Crippen LogP contribution < -0.4 is 4.90 Å². The topological polar surface area (TPSA) is 82.2 Å². The largest absolute Gasteiger partial charge is 0.394 e. The maximum atomic E-state index is 11.7. The van der Waals surface area contributed by atoms with Gasteiger partial charge in [0.25, 0.3) is 0 Å². The Morgan fingerprint density at radius 3 is 2.76 bits per heavy atom. The number of Topliss-reactive ketones (excluding diaryl/α,β-unsaturated/α-hetero) is 1. The summed E-state index contributed by atoms with van der Waals surface area (Å²) in [7, 11) is 0. The van der Waals surface area contributed by atoms with E-state index in [-0.39, 0.29) is 12.4 Å². The van der Waals surface area contributed by atoms with E-state index < -0.39 is 0 Å². The second kappa shape index (κ2) is 7.49. The lowest BCUT2D eigenvalue weighted by atomic mass is 9.92. The zero-order chi connectivity index (χ0) is 17.8. The highest BCUT2D eigenvalue weighted by Crippen LogP contribution is 2.32. The fraction of sp³-hybridized carbons (Fsp3) is 0.421. The quantitative estimate of drug-likeness (QED) is 0.846. The molecule has 0 bridgehead atoms. The molecule has 0 atom stereocenters. The first kappa shape index (κ1) is 17.2. The summed E-state index contributed by atoms with van der Waals surface area (Å²) in [5.74, 6) is 0.403. The Kier molecular flexibility index (Phi) is 5.15. The molecule has 2 heterocycles. The Balaban J connectivity index is 1.76. The lowest BCUT2D eigenvalue weighted by molar-refractivity contribution is 0.101. The van der Waals surface area contributed by atoms with Gasteiger partial charge >= 0.3 is 0 Å². The molecular formula is C19H22N4O2. The first-order valence-electron chi connectivity index (χ1n) is 8.56. The van der Waals surface area contributed by atoms with Gasteiger partial charge < -0.3 is 10.0 Å². The van der Waals surface area contributed by atoms with Crippen molar-refractivity contribution in [3.8, 4) is 6.07 Å². The highest BCUT2D eigenvalue weighted by molar-refractivity contribution is 5.95. The lowest BCUT2D eigenvalue weighted by Gasteiger charge is -2.34. The van der Waals surface area contributed by atoms with E-state index in [1.165, 1.54) is 0 Å². The van der Waals surface area contributed by atoms with Gasteiger partial charge in [-0.2, -0.15) is 10.4 Å². The number of hydrogen-bond acceptors (Lipinski definition) is 5. The van der Waals surface area contributed by atoms with Crippen molar-refractivity contribution in [3.05, 3.63) is 47.3 Å². The van der Waals surface area contributed by atoms with Crippen molar-refractivity contribution in [2.75, 3.05) is 24.6 Å². The summed E-state index contributed by atoms with van der Waals surface area (Å²) in [6, 6.07) is 9.52. The Hall–Kier alpha value is -2.65. The average Bonchev–Trinajstić information content (AvgIpc) is 3.10. The van der Waals surface area contributed by atoms with Crippen LogP contribution in [0.1, 0.15) is 47.3 Å². The number of ketones is 1. The number of anilines is 1. The number of aliphatic hydroxyl groups excluding tert-OH is 1. The Labute approximate surface area is 147 Å². The van der Waals surface area contributed by atoms with E-state index in [9.17, 15) is 10.1 Å². The Bertz CT molecular complexity index is 798. The molecule has 1 aromatic carbocycles. The van der Waals surface area contributed by atoms with Gasteiger partial charge in [-0.25, -0.2) is 0 Å². The fourth-order valence-electron chi connectivity index (χ4n) is 3.49. The van der Waals surface area contributed by atoms with Crippen LogP contribution in [0.2, 0.25) is 0 Å². The summed E-state index contributed by atoms with van der Waals surface area (Å²) < 4.78 is 1.87. The molecule has 1 aliphatic rings. The molecule has 130 valence electrons. The molecule has 6 heteroatoms. The van der Waals surface area contributed by atoms with Gasteiger partial charge in [-0.05, 0) is 44.0 Å². The average molecular weight is 338 g/mol. The maximum Gasteiger partial charge on any atom is 0.159 e. The standard InChI is InChI=1S/C19H22N4O2/c1-14(25)16-2-3-17(13-20)19(12-16)22-8-5-15(6-9-22)18-4-7-21-23(18)10-11-24/h2-4,7,12,15,24H,5-6,8-11H2,1H3. The fourth-order valence-corrected chi connectivity index (χ4v) is 3.49. The normalized spacial score (nSPS) is 15.2. The summed E-state index contributed by atoms with van der Waals surface area (Å²) in [5.41, 5.74) is 3.25. The number of rotatable bonds is 5. The van der Waals surface area contributed by atoms with Crippen LogP contribution in [0, 0.1) is 11.3 Å². The van der Waals surface area contributed by atoms with Gasteiger partial charge in [0.05, 0.1) is 24.4 Å². The van der Waals surface area contributed by atoms with Crippen molar-refractivity contribution >= 4 is 11.5 Å². The number of hydrogen-bond donors (Lipinski definition) is 1. The second-order valence-electron chi connectivity index (χ2n) is 6.36. The zero-order valence-electron chi connectivity index (χ0n) is 14.4. The van der Waals surface area contributed by atoms with E-state index in [0.717, 1.165) is 37.3 Å². The van der Waals surface area contributed by atoms with Gasteiger partial charge in [-0.15, -0.1) is 0 Å². The molecule has 0 saturated carbocycles. The van der Waals surface area contributed by atoms with Gasteiger partial charge in [0.2, 0.25) is 0 Å². The molecule has 1 fully saturated rings. The Morgan fingerprint density at radius 2 is 2.12 bits per heavy atom. The molecule has 1 aromatic heterocycles. The Morgan fingerprint density at radius 1 is 1.36 bits per heavy atom. The molecule has 0 spiro atoms. The van der Waals surface area contributed by atoms with E-state index in [1.54, 1.807) is 25.3 Å². The summed E-state index contributed by atoms with van der Waals surface area (Å²) in [6.07, 6.45) is 3.68. The molecule has 1 saturated heterocycles. The molecule has 0 aliphatic carbocycles. The molecule has 1 aliphatic heterocycles. The lowest BCUT2D eigenvalue weighted by Crippen LogP contribution is -2.34. The van der Waals surface area contributed by atoms with E-state index in [1.807, 2.05) is 16.8 Å². The van der Waals surface area contributed by atoms with E-state index in [2.05, 4.69) is 16.1 Å². The van der Waals surface area contributed by atoms with Gasteiger partial charge in [0.15, 0.2) is 5.78 Å². The predicted octanol–water partition coefficient (Wildman–Crippen LogP) is 2.33. The summed E-state index contributed by atoms with van der Waals surface area (Å²) in [4.78, 5) is 13.8. The minimum Gasteiger partial charge on any atom is -0.394 e. The minimum atomic E-state index is 0.00790. The van der Waals surface area contributed by atoms with Crippen LogP contribution in [0.15, 0.2) is 30.5 Å². The second-order valence-corrected chi connectivity index (χ2v) is 6.36. The van der Waals surface area contributed by atoms with Crippen LogP contribution in [0.25, 0.3) is 0 Å². The highest BCUT2D eigenvalue weighted by atomic mass is 16.3. The number of aromatic nitrogens is 2. The van der Waals surface area contributed by atoms with E-state index >= 15 is 0 Å². The number of nitrogens with zero attached hydrogens (tertiary/aromatic N) is 4.